The van der Waals surface area contributed by atoms with E-state index in [1.165, 1.54) is 7.11 Å². The average Bonchev–Trinajstić information content (AvgIpc) is 2.22. The second-order valence-corrected chi connectivity index (χ2v) is 5.74. The lowest BCUT2D eigenvalue weighted by Gasteiger charge is -2.12. The van der Waals surface area contributed by atoms with Gasteiger partial charge in [-0.15, -0.1) is 0 Å². The molecule has 0 saturated heterocycles. The first-order valence-electron chi connectivity index (χ1n) is 5.59. The molecule has 1 aromatic rings. The van der Waals surface area contributed by atoms with Crippen molar-refractivity contribution in [2.75, 3.05) is 20.3 Å². The van der Waals surface area contributed by atoms with E-state index in [0.717, 1.165) is 5.56 Å². The summed E-state index contributed by atoms with van der Waals surface area (Å²) in [5.41, 5.74) is 2.44. The first kappa shape index (κ1) is 15.1. The molecule has 18 heavy (non-hydrogen) atoms. The molecule has 0 saturated carbocycles. The highest BCUT2D eigenvalue weighted by Gasteiger charge is 2.19. The predicted octanol–water partition coefficient (Wildman–Crippen LogP) is 1.47. The Morgan fingerprint density at radius 2 is 1.67 bits per heavy atom. The summed E-state index contributed by atoms with van der Waals surface area (Å²) in [4.78, 5) is 7.24. The fourth-order valence-electron chi connectivity index (χ4n) is 1.88. The van der Waals surface area contributed by atoms with E-state index < -0.39 is 10.0 Å². The number of hydrogen-bond acceptors (Lipinski definition) is 4. The summed E-state index contributed by atoms with van der Waals surface area (Å²) in [6.07, 6.45) is 0. The van der Waals surface area contributed by atoms with Crippen molar-refractivity contribution in [2.45, 2.75) is 25.7 Å². The van der Waals surface area contributed by atoms with E-state index in [1.807, 2.05) is 19.1 Å². The summed E-state index contributed by atoms with van der Waals surface area (Å²) in [5.74, 6) is 0. The summed E-state index contributed by atoms with van der Waals surface area (Å²) < 4.78 is 28.9. The second kappa shape index (κ2) is 6.29. The molecule has 0 aliphatic carbocycles. The quantitative estimate of drug-likeness (QED) is 0.629. The highest BCUT2D eigenvalue weighted by molar-refractivity contribution is 7.89. The van der Waals surface area contributed by atoms with Gasteiger partial charge in [-0.05, 0) is 31.9 Å². The van der Waals surface area contributed by atoms with Gasteiger partial charge < -0.3 is 4.74 Å². The average molecular weight is 273 g/mol. The van der Waals surface area contributed by atoms with Gasteiger partial charge in [0.25, 0.3) is 10.0 Å². The van der Waals surface area contributed by atoms with Crippen LogP contribution in [0.1, 0.15) is 16.7 Å². The molecule has 0 bridgehead atoms. The van der Waals surface area contributed by atoms with E-state index in [1.54, 1.807) is 13.8 Å². The number of nitrogens with one attached hydrogen (secondary N) is 1. The first-order valence-corrected chi connectivity index (χ1v) is 7.07. The molecule has 0 aromatic heterocycles. The molecule has 0 spiro atoms. The number of methoxy groups -OCH3 is 1. The molecule has 0 aliphatic heterocycles. The summed E-state index contributed by atoms with van der Waals surface area (Å²) in [7, 11) is -2.13. The van der Waals surface area contributed by atoms with Crippen molar-refractivity contribution in [1.82, 2.24) is 4.89 Å². The first-order chi connectivity index (χ1) is 8.38. The van der Waals surface area contributed by atoms with Gasteiger partial charge in [0, 0.05) is 7.11 Å². The van der Waals surface area contributed by atoms with Crippen molar-refractivity contribution in [3.63, 3.8) is 0 Å². The van der Waals surface area contributed by atoms with Gasteiger partial charge in [-0.3, -0.25) is 4.84 Å². The number of rotatable bonds is 6. The zero-order valence-electron chi connectivity index (χ0n) is 11.1. The molecule has 0 atom stereocenters. The largest absolute Gasteiger partial charge is 0.382 e. The molecule has 1 rings (SSSR count). The Hall–Kier alpha value is -0.950. The Bertz CT molecular complexity index is 488. The summed E-state index contributed by atoms with van der Waals surface area (Å²) in [5, 5.41) is 0. The monoisotopic (exact) mass is 273 g/mol. The third-order valence-corrected chi connectivity index (χ3v) is 3.95. The summed E-state index contributed by atoms with van der Waals surface area (Å²) in [6.45, 7) is 5.96. The Labute approximate surface area is 108 Å². The highest BCUT2D eigenvalue weighted by atomic mass is 32.2. The highest BCUT2D eigenvalue weighted by Crippen LogP contribution is 2.21. The lowest BCUT2D eigenvalue weighted by atomic mass is 10.1. The molecule has 102 valence electrons. The third-order valence-electron chi connectivity index (χ3n) is 2.43. The molecular formula is C12H19NO4S. The molecule has 5 nitrogen and oxygen atoms in total. The SMILES string of the molecule is COCCONS(=O)(=O)c1c(C)cc(C)cc1C. The molecule has 0 heterocycles. The molecule has 6 heteroatoms. The molecule has 0 amide bonds. The van der Waals surface area contributed by atoms with E-state index in [4.69, 9.17) is 9.57 Å². The molecule has 0 fully saturated rings. The van der Waals surface area contributed by atoms with Gasteiger partial charge >= 0.3 is 0 Å². The van der Waals surface area contributed by atoms with E-state index in [0.29, 0.717) is 17.7 Å². The minimum Gasteiger partial charge on any atom is -0.382 e. The van der Waals surface area contributed by atoms with Crippen LogP contribution in [-0.4, -0.2) is 28.7 Å². The van der Waals surface area contributed by atoms with Crippen LogP contribution in [0.4, 0.5) is 0 Å². The Balaban J connectivity index is 2.92. The number of hydrogen-bond donors (Lipinski definition) is 1. The van der Waals surface area contributed by atoms with Crippen LogP contribution in [0.15, 0.2) is 17.0 Å². The molecule has 0 radical (unpaired) electrons. The van der Waals surface area contributed by atoms with Crippen LogP contribution in [0.2, 0.25) is 0 Å². The topological polar surface area (TPSA) is 64.6 Å². The second-order valence-electron chi connectivity index (χ2n) is 4.16. The predicted molar refractivity (Wildman–Crippen MR) is 68.8 cm³/mol. The van der Waals surface area contributed by atoms with Gasteiger partial charge in [0.2, 0.25) is 0 Å². The van der Waals surface area contributed by atoms with Crippen LogP contribution in [-0.2, 0) is 19.6 Å². The Morgan fingerprint density at radius 3 is 2.17 bits per heavy atom. The summed E-state index contributed by atoms with van der Waals surface area (Å²) in [6, 6.07) is 3.66. The standard InChI is InChI=1S/C12H19NO4S/c1-9-7-10(2)12(11(3)8-9)18(14,15)13-17-6-5-16-4/h7-8,13H,5-6H2,1-4H3. The number of benzene rings is 1. The zero-order valence-corrected chi connectivity index (χ0v) is 11.9. The molecule has 1 N–H and O–H groups in total. The van der Waals surface area contributed by atoms with Crippen molar-refractivity contribution in [2.24, 2.45) is 0 Å². The van der Waals surface area contributed by atoms with Gasteiger partial charge in [0.05, 0.1) is 18.1 Å². The van der Waals surface area contributed by atoms with Crippen molar-refractivity contribution < 1.29 is 18.0 Å². The Kier molecular flexibility index (Phi) is 5.28. The molecule has 0 unspecified atom stereocenters. The molecule has 0 aliphatic rings. The van der Waals surface area contributed by atoms with E-state index in [2.05, 4.69) is 4.89 Å². The van der Waals surface area contributed by atoms with Crippen molar-refractivity contribution in [1.29, 1.82) is 0 Å². The normalized spacial score (nSPS) is 11.8. The van der Waals surface area contributed by atoms with Crippen molar-refractivity contribution in [3.8, 4) is 0 Å². The smallest absolute Gasteiger partial charge is 0.262 e. The molecular weight excluding hydrogens is 254 g/mol. The lowest BCUT2D eigenvalue weighted by Crippen LogP contribution is -2.27. The van der Waals surface area contributed by atoms with Crippen molar-refractivity contribution in [3.05, 3.63) is 28.8 Å². The fourth-order valence-corrected chi connectivity index (χ4v) is 3.16. The van der Waals surface area contributed by atoms with Crippen LogP contribution in [0, 0.1) is 20.8 Å². The van der Waals surface area contributed by atoms with Gasteiger partial charge in [-0.25, -0.2) is 8.42 Å². The maximum Gasteiger partial charge on any atom is 0.262 e. The summed E-state index contributed by atoms with van der Waals surface area (Å²) >= 11 is 0. The van der Waals surface area contributed by atoms with Crippen LogP contribution < -0.4 is 4.89 Å². The van der Waals surface area contributed by atoms with Crippen LogP contribution in [0.5, 0.6) is 0 Å². The molecule has 1 aromatic carbocycles. The third kappa shape index (κ3) is 3.78. The minimum atomic E-state index is -3.65. The van der Waals surface area contributed by atoms with Gasteiger partial charge in [-0.2, -0.15) is 0 Å². The fraction of sp³-hybridized carbons (Fsp3) is 0.500. The number of ether oxygens (including phenoxy) is 1. The minimum absolute atomic E-state index is 0.166. The van der Waals surface area contributed by atoms with E-state index in [9.17, 15) is 8.42 Å². The van der Waals surface area contributed by atoms with Crippen molar-refractivity contribution >= 4 is 10.0 Å². The van der Waals surface area contributed by atoms with Gasteiger partial charge in [0.1, 0.15) is 0 Å². The zero-order chi connectivity index (χ0) is 13.8. The van der Waals surface area contributed by atoms with Crippen LogP contribution >= 0.6 is 0 Å². The van der Waals surface area contributed by atoms with Gasteiger partial charge in [0.15, 0.2) is 0 Å². The van der Waals surface area contributed by atoms with E-state index in [-0.39, 0.29) is 11.5 Å². The lowest BCUT2D eigenvalue weighted by molar-refractivity contribution is 0.0438. The number of sulfonamides is 1. The van der Waals surface area contributed by atoms with E-state index >= 15 is 0 Å². The number of aryl methyl sites for hydroxylation is 3. The maximum absolute atomic E-state index is 12.1. The van der Waals surface area contributed by atoms with Gasteiger partial charge in [-0.1, -0.05) is 22.6 Å². The maximum atomic E-state index is 12.1. The van der Waals surface area contributed by atoms with Crippen LogP contribution in [0.3, 0.4) is 0 Å². The Morgan fingerprint density at radius 1 is 1.11 bits per heavy atom. The van der Waals surface area contributed by atoms with Crippen LogP contribution in [0.25, 0.3) is 0 Å².